The van der Waals surface area contributed by atoms with Gasteiger partial charge >= 0.3 is 0 Å². The van der Waals surface area contributed by atoms with Crippen molar-refractivity contribution in [3.63, 3.8) is 0 Å². The third-order valence-electron chi connectivity index (χ3n) is 3.45. The van der Waals surface area contributed by atoms with Crippen molar-refractivity contribution in [2.24, 2.45) is 0 Å². The van der Waals surface area contributed by atoms with E-state index in [0.29, 0.717) is 11.5 Å². The van der Waals surface area contributed by atoms with Crippen molar-refractivity contribution in [2.75, 3.05) is 18.9 Å². The van der Waals surface area contributed by atoms with Crippen molar-refractivity contribution >= 4 is 43.3 Å². The molecule has 0 radical (unpaired) electrons. The number of fused-ring (bicyclic) bond motifs is 1. The van der Waals surface area contributed by atoms with Gasteiger partial charge in [0.1, 0.15) is 5.82 Å². The Kier molecular flexibility index (Phi) is 4.84. The summed E-state index contributed by atoms with van der Waals surface area (Å²) in [5, 5.41) is 6.70. The van der Waals surface area contributed by atoms with Gasteiger partial charge in [-0.1, -0.05) is 15.9 Å². The first-order valence-electron chi connectivity index (χ1n) is 7.18. The van der Waals surface area contributed by atoms with Crippen LogP contribution in [-0.4, -0.2) is 46.8 Å². The summed E-state index contributed by atoms with van der Waals surface area (Å²) in [6.45, 7) is -0.330. The molecule has 3 aromatic rings. The van der Waals surface area contributed by atoms with Crippen LogP contribution in [0.3, 0.4) is 0 Å². The first kappa shape index (κ1) is 17.5. The number of halogens is 1. The number of nitrogens with zero attached hydrogens (tertiary/aromatic N) is 4. The van der Waals surface area contributed by atoms with E-state index in [9.17, 15) is 13.2 Å². The van der Waals surface area contributed by atoms with Crippen LogP contribution in [0.2, 0.25) is 0 Å². The van der Waals surface area contributed by atoms with Crippen LogP contribution in [0.1, 0.15) is 0 Å². The number of amides is 1. The molecular weight excluding hydrogens is 410 g/mol. The Bertz CT molecular complexity index is 1020. The fourth-order valence-electron chi connectivity index (χ4n) is 2.19. The first-order valence-corrected chi connectivity index (χ1v) is 9.42. The number of hydrogen-bond donors (Lipinski definition) is 1. The lowest BCUT2D eigenvalue weighted by Gasteiger charge is -2.17. The molecule has 0 saturated heterocycles. The minimum atomic E-state index is -3.76. The number of sulfonamides is 1. The Morgan fingerprint density at radius 2 is 1.92 bits per heavy atom. The van der Waals surface area contributed by atoms with E-state index >= 15 is 0 Å². The second-order valence-corrected chi connectivity index (χ2v) is 8.16. The fraction of sp³-hybridized carbons (Fsp3) is 0.133. The number of rotatable bonds is 5. The fourth-order valence-corrected chi connectivity index (χ4v) is 3.58. The zero-order valence-corrected chi connectivity index (χ0v) is 15.5. The number of benzene rings is 1. The van der Waals surface area contributed by atoms with E-state index in [4.69, 9.17) is 0 Å². The van der Waals surface area contributed by atoms with E-state index < -0.39 is 15.9 Å². The highest BCUT2D eigenvalue weighted by atomic mass is 79.9. The van der Waals surface area contributed by atoms with E-state index in [1.54, 1.807) is 30.5 Å². The number of anilines is 1. The van der Waals surface area contributed by atoms with E-state index in [0.717, 1.165) is 8.78 Å². The van der Waals surface area contributed by atoms with Gasteiger partial charge in [0.25, 0.3) is 0 Å². The molecule has 0 spiro atoms. The number of hydrogen-bond acceptors (Lipinski definition) is 5. The molecular formula is C15H14BrN5O3S. The van der Waals surface area contributed by atoms with E-state index in [1.165, 1.54) is 29.9 Å². The SMILES string of the molecule is CN(CC(=O)Nc1ccnc2ccnn12)S(=O)(=O)c1ccc(Br)cc1. The maximum absolute atomic E-state index is 12.5. The predicted molar refractivity (Wildman–Crippen MR) is 95.6 cm³/mol. The van der Waals surface area contributed by atoms with Gasteiger partial charge in [-0.05, 0) is 30.3 Å². The van der Waals surface area contributed by atoms with Gasteiger partial charge in [0, 0.05) is 23.8 Å². The normalized spacial score (nSPS) is 11.8. The maximum Gasteiger partial charge on any atom is 0.243 e. The number of aromatic nitrogens is 3. The number of nitrogens with one attached hydrogen (secondary N) is 1. The minimum Gasteiger partial charge on any atom is -0.309 e. The third kappa shape index (κ3) is 3.70. The summed E-state index contributed by atoms with van der Waals surface area (Å²) in [6.07, 6.45) is 3.09. The number of carbonyl (C=O) groups excluding carboxylic acids is 1. The monoisotopic (exact) mass is 423 g/mol. The molecule has 0 unspecified atom stereocenters. The lowest BCUT2D eigenvalue weighted by atomic mass is 10.4. The van der Waals surface area contributed by atoms with Crippen molar-refractivity contribution < 1.29 is 13.2 Å². The molecule has 0 aliphatic carbocycles. The van der Waals surface area contributed by atoms with Crippen LogP contribution in [0, 0.1) is 0 Å². The lowest BCUT2D eigenvalue weighted by Crippen LogP contribution is -2.35. The Morgan fingerprint density at radius 3 is 2.64 bits per heavy atom. The molecule has 1 N–H and O–H groups in total. The van der Waals surface area contributed by atoms with Gasteiger partial charge in [-0.15, -0.1) is 0 Å². The van der Waals surface area contributed by atoms with E-state index in [2.05, 4.69) is 31.3 Å². The third-order valence-corrected chi connectivity index (χ3v) is 5.79. The molecule has 8 nitrogen and oxygen atoms in total. The smallest absolute Gasteiger partial charge is 0.243 e. The Labute approximate surface area is 152 Å². The van der Waals surface area contributed by atoms with Gasteiger partial charge in [0.2, 0.25) is 15.9 Å². The summed E-state index contributed by atoms with van der Waals surface area (Å²) >= 11 is 3.26. The molecule has 0 aliphatic rings. The molecule has 2 aromatic heterocycles. The van der Waals surface area contributed by atoms with Gasteiger partial charge in [0.15, 0.2) is 5.65 Å². The van der Waals surface area contributed by atoms with Crippen LogP contribution in [0.5, 0.6) is 0 Å². The predicted octanol–water partition coefficient (Wildman–Crippen LogP) is 1.75. The summed E-state index contributed by atoms with van der Waals surface area (Å²) < 4.78 is 28.2. The van der Waals surface area contributed by atoms with Crippen molar-refractivity contribution in [3.05, 3.63) is 53.3 Å². The summed E-state index contributed by atoms with van der Waals surface area (Å²) in [5.74, 6) is -0.0689. The summed E-state index contributed by atoms with van der Waals surface area (Å²) in [7, 11) is -2.40. The van der Waals surface area contributed by atoms with Crippen LogP contribution in [0.15, 0.2) is 58.2 Å². The molecule has 10 heteroatoms. The van der Waals surface area contributed by atoms with Crippen molar-refractivity contribution in [1.82, 2.24) is 18.9 Å². The van der Waals surface area contributed by atoms with Crippen LogP contribution in [0.25, 0.3) is 5.65 Å². The lowest BCUT2D eigenvalue weighted by molar-refractivity contribution is -0.116. The van der Waals surface area contributed by atoms with Crippen molar-refractivity contribution in [3.8, 4) is 0 Å². The van der Waals surface area contributed by atoms with Gasteiger partial charge in [-0.3, -0.25) is 4.79 Å². The summed E-state index contributed by atoms with van der Waals surface area (Å²) in [4.78, 5) is 16.4. The molecule has 1 aromatic carbocycles. The Morgan fingerprint density at radius 1 is 1.20 bits per heavy atom. The minimum absolute atomic E-state index is 0.115. The zero-order valence-electron chi connectivity index (χ0n) is 13.1. The average Bonchev–Trinajstić information content (AvgIpc) is 3.05. The van der Waals surface area contributed by atoms with E-state index in [-0.39, 0.29) is 11.4 Å². The molecule has 25 heavy (non-hydrogen) atoms. The highest BCUT2D eigenvalue weighted by Crippen LogP contribution is 2.18. The van der Waals surface area contributed by atoms with Crippen molar-refractivity contribution in [2.45, 2.75) is 4.90 Å². The molecule has 0 fully saturated rings. The summed E-state index contributed by atoms with van der Waals surface area (Å²) in [6, 6.07) is 9.49. The van der Waals surface area contributed by atoms with Gasteiger partial charge < -0.3 is 5.32 Å². The topological polar surface area (TPSA) is 96.7 Å². The quantitative estimate of drug-likeness (QED) is 0.673. The first-order chi connectivity index (χ1) is 11.9. The highest BCUT2D eigenvalue weighted by Gasteiger charge is 2.23. The van der Waals surface area contributed by atoms with Crippen LogP contribution >= 0.6 is 15.9 Å². The maximum atomic E-state index is 12.5. The second kappa shape index (κ2) is 6.90. The van der Waals surface area contributed by atoms with Gasteiger partial charge in [-0.2, -0.15) is 13.9 Å². The number of carbonyl (C=O) groups is 1. The summed E-state index contributed by atoms with van der Waals surface area (Å²) in [5.41, 5.74) is 0.577. The molecule has 130 valence electrons. The molecule has 1 amide bonds. The Hall–Kier alpha value is -2.30. The molecule has 0 bridgehead atoms. The highest BCUT2D eigenvalue weighted by molar-refractivity contribution is 9.10. The second-order valence-electron chi connectivity index (χ2n) is 5.19. The van der Waals surface area contributed by atoms with Crippen LogP contribution < -0.4 is 5.32 Å². The largest absolute Gasteiger partial charge is 0.309 e. The molecule has 3 rings (SSSR count). The van der Waals surface area contributed by atoms with Crippen LogP contribution in [0.4, 0.5) is 5.82 Å². The average molecular weight is 424 g/mol. The van der Waals surface area contributed by atoms with Gasteiger partial charge in [0.05, 0.1) is 17.6 Å². The van der Waals surface area contributed by atoms with Crippen molar-refractivity contribution in [1.29, 1.82) is 0 Å². The molecule has 0 atom stereocenters. The molecule has 2 heterocycles. The van der Waals surface area contributed by atoms with E-state index in [1.807, 2.05) is 0 Å². The number of likely N-dealkylation sites (N-methyl/N-ethyl adjacent to an activating group) is 1. The van der Waals surface area contributed by atoms with Crippen LogP contribution in [-0.2, 0) is 14.8 Å². The Balaban J connectivity index is 1.74. The van der Waals surface area contributed by atoms with Gasteiger partial charge in [-0.25, -0.2) is 13.4 Å². The molecule has 0 aliphatic heterocycles. The standard InChI is InChI=1S/C15H14BrN5O3S/c1-20(25(23,24)12-4-2-11(16)3-5-12)10-15(22)19-14-6-8-17-13-7-9-18-21(13)14/h2-9H,10H2,1H3,(H,19,22). The molecule has 0 saturated carbocycles. The zero-order chi connectivity index (χ0) is 18.0.